The molecule has 3 aliphatic heterocycles. The molecule has 17 heteroatoms. The molecule has 2 aromatic heterocycles. The molecule has 15 nitrogen and oxygen atoms in total. The van der Waals surface area contributed by atoms with Crippen molar-refractivity contribution in [3.63, 3.8) is 0 Å². The number of carbonyl (C=O) groups excluding carboxylic acids is 4. The molecule has 0 bridgehead atoms. The minimum absolute atomic E-state index is 0.00671. The summed E-state index contributed by atoms with van der Waals surface area (Å²) in [5.74, 6) is -2.91. The van der Waals surface area contributed by atoms with E-state index in [-0.39, 0.29) is 52.3 Å². The van der Waals surface area contributed by atoms with Crippen LogP contribution >= 0.6 is 0 Å². The molecule has 4 N–H and O–H groups in total. The molecule has 4 amide bonds. The van der Waals surface area contributed by atoms with E-state index in [1.165, 1.54) is 26.4 Å². The molecule has 5 heterocycles. The Morgan fingerprint density at radius 1 is 0.806 bits per heavy atom. The van der Waals surface area contributed by atoms with Crippen molar-refractivity contribution in [3.8, 4) is 33.6 Å². The van der Waals surface area contributed by atoms with Crippen LogP contribution in [-0.2, 0) is 29.7 Å². The zero-order chi connectivity index (χ0) is 43.5. The number of hydrogen-bond acceptors (Lipinski definition) is 9. The third kappa shape index (κ3) is 7.47. The minimum atomic E-state index is -3.31. The molecule has 4 atom stereocenters. The number of nitrogens with zero attached hydrogens (tertiary/aromatic N) is 4. The molecule has 3 saturated heterocycles. The molecule has 0 radical (unpaired) electrons. The highest BCUT2D eigenvalue weighted by atomic mass is 19.3. The normalized spacial score (nSPS) is 22.0. The predicted octanol–water partition coefficient (Wildman–Crippen LogP) is 6.84. The van der Waals surface area contributed by atoms with Gasteiger partial charge in [-0.15, -0.1) is 0 Å². The molecular weight excluding hydrogens is 803 g/mol. The Kier molecular flexibility index (Phi) is 10.8. The number of alkyl carbamates (subject to hydrolysis) is 2. The Morgan fingerprint density at radius 3 is 1.95 bits per heavy atom. The first-order valence-corrected chi connectivity index (χ1v) is 21.5. The van der Waals surface area contributed by atoms with Crippen molar-refractivity contribution in [1.29, 1.82) is 0 Å². The second-order valence-electron chi connectivity index (χ2n) is 17.8. The third-order valence-corrected chi connectivity index (χ3v) is 13.6. The molecule has 2 aromatic carbocycles. The van der Waals surface area contributed by atoms with Crippen LogP contribution in [0.2, 0.25) is 0 Å². The molecular formula is C45H52F2N8O7. The molecule has 4 aromatic rings. The van der Waals surface area contributed by atoms with E-state index in [1.807, 2.05) is 13.8 Å². The summed E-state index contributed by atoms with van der Waals surface area (Å²) < 4.78 is 48.3. The highest BCUT2D eigenvalue weighted by molar-refractivity contribution is 5.88. The fourth-order valence-corrected chi connectivity index (χ4v) is 9.92. The second-order valence-corrected chi connectivity index (χ2v) is 17.8. The van der Waals surface area contributed by atoms with Crippen molar-refractivity contribution in [2.75, 3.05) is 40.5 Å². The lowest BCUT2D eigenvalue weighted by Crippen LogP contribution is -2.53. The highest BCUT2D eigenvalue weighted by Gasteiger charge is 2.55. The van der Waals surface area contributed by atoms with Gasteiger partial charge >= 0.3 is 12.2 Å². The number of hydrogen-bond donors (Lipinski definition) is 4. The van der Waals surface area contributed by atoms with Crippen LogP contribution in [0.4, 0.5) is 18.4 Å². The van der Waals surface area contributed by atoms with Crippen molar-refractivity contribution >= 4 is 24.0 Å². The molecule has 1 spiro atoms. The van der Waals surface area contributed by atoms with Crippen LogP contribution in [0.1, 0.15) is 93.7 Å². The number of nitrogens with one attached hydrogen (secondary N) is 4. The zero-order valence-corrected chi connectivity index (χ0v) is 35.3. The van der Waals surface area contributed by atoms with E-state index in [4.69, 9.17) is 14.2 Å². The van der Waals surface area contributed by atoms with Gasteiger partial charge in [-0.05, 0) is 85.5 Å². The zero-order valence-electron chi connectivity index (χ0n) is 35.3. The van der Waals surface area contributed by atoms with Gasteiger partial charge in [0.25, 0.3) is 5.92 Å². The maximum Gasteiger partial charge on any atom is 0.407 e. The lowest BCUT2D eigenvalue weighted by atomic mass is 9.90. The number of alkyl halides is 2. The maximum atomic E-state index is 16.6. The minimum Gasteiger partial charge on any atom is -0.453 e. The summed E-state index contributed by atoms with van der Waals surface area (Å²) in [5.41, 5.74) is 2.80. The van der Waals surface area contributed by atoms with Gasteiger partial charge < -0.3 is 44.6 Å². The van der Waals surface area contributed by atoms with Crippen molar-refractivity contribution in [1.82, 2.24) is 40.4 Å². The average molecular weight is 855 g/mol. The summed E-state index contributed by atoms with van der Waals surface area (Å²) in [6.45, 7) is 5.78. The number of methoxy groups -OCH3 is 2. The number of imidazole rings is 2. The van der Waals surface area contributed by atoms with Crippen molar-refractivity contribution < 1.29 is 42.2 Å². The molecule has 1 saturated carbocycles. The summed E-state index contributed by atoms with van der Waals surface area (Å²) in [5, 5.41) is 5.46. The Hall–Kier alpha value is -5.84. The number of rotatable bonds is 10. The van der Waals surface area contributed by atoms with Crippen LogP contribution < -0.4 is 10.6 Å². The number of fused-ring (bicyclic) bond motifs is 3. The monoisotopic (exact) mass is 854 g/mol. The van der Waals surface area contributed by atoms with Gasteiger partial charge in [0.2, 0.25) is 11.8 Å². The van der Waals surface area contributed by atoms with Gasteiger partial charge in [0, 0.05) is 48.6 Å². The van der Waals surface area contributed by atoms with E-state index in [0.29, 0.717) is 90.9 Å². The fourth-order valence-electron chi connectivity index (χ4n) is 9.92. The Bertz CT molecular complexity index is 2390. The standard InChI is InChI=1S/C45H52F2N8O7/c1-24(2)36(52-42(58)60-3)40(56)55-23-44(13-14-44)20-35(55)39-49-22-33(51-39)27-8-10-29-28-9-7-26(18-30(28)45(46,47)31(29)19-27)32-21-48-38(50-32)34-6-5-15-54(34)41(57)37(53-43(59)61-4)25-11-16-62-17-12-25/h7-10,18-19,21-22,24-25,34-37H,5-6,11-17,20,23H2,1-4H3,(H,48,50)(H,49,51)(H,52,58)(H,53,59)/t34-,35-,36-,37?/m0/s1. The second kappa shape index (κ2) is 16.1. The van der Waals surface area contributed by atoms with E-state index >= 15 is 8.78 Å². The van der Waals surface area contributed by atoms with E-state index < -0.39 is 30.2 Å². The topological polar surface area (TPSA) is 184 Å². The van der Waals surface area contributed by atoms with Gasteiger partial charge in [0.05, 0.1) is 50.1 Å². The van der Waals surface area contributed by atoms with E-state index in [0.717, 1.165) is 25.7 Å². The molecule has 1 unspecified atom stereocenters. The van der Waals surface area contributed by atoms with Gasteiger partial charge in [-0.3, -0.25) is 9.59 Å². The van der Waals surface area contributed by atoms with Crippen LogP contribution in [0.25, 0.3) is 33.6 Å². The number of ether oxygens (including phenoxy) is 3. The summed E-state index contributed by atoms with van der Waals surface area (Å²) >= 11 is 0. The fraction of sp³-hybridized carbons (Fsp3) is 0.511. The SMILES string of the molecule is COC(=O)NC(C(=O)N1CCC[C@H]1c1ncc(-c2ccc3c(c2)C(F)(F)c2cc(-c4cnc([C@@H]5CC6(CC6)CN5C(=O)[C@@H](NC(=O)OC)C(C)C)[nH]4)ccc2-3)[nH]1)C1CCOCC1. The highest BCUT2D eigenvalue weighted by Crippen LogP contribution is 2.58. The first-order valence-electron chi connectivity index (χ1n) is 21.5. The summed E-state index contributed by atoms with van der Waals surface area (Å²) in [6, 6.07) is 7.71. The van der Waals surface area contributed by atoms with Crippen LogP contribution in [0, 0.1) is 17.3 Å². The van der Waals surface area contributed by atoms with Gasteiger partial charge in [-0.25, -0.2) is 19.6 Å². The predicted molar refractivity (Wildman–Crippen MR) is 222 cm³/mol. The third-order valence-electron chi connectivity index (χ3n) is 13.6. The average Bonchev–Trinajstić information content (AvgIpc) is 3.87. The summed E-state index contributed by atoms with van der Waals surface area (Å²) in [7, 11) is 2.53. The van der Waals surface area contributed by atoms with Crippen LogP contribution in [0.3, 0.4) is 0 Å². The quantitative estimate of drug-likeness (QED) is 0.133. The smallest absolute Gasteiger partial charge is 0.407 e. The van der Waals surface area contributed by atoms with Gasteiger partial charge in [0.1, 0.15) is 23.7 Å². The number of benzene rings is 2. The van der Waals surface area contributed by atoms with Gasteiger partial charge in [-0.1, -0.05) is 38.1 Å². The summed E-state index contributed by atoms with van der Waals surface area (Å²) in [6.07, 6.45) is 7.25. The Balaban J connectivity index is 0.933. The van der Waals surface area contributed by atoms with E-state index in [1.54, 1.807) is 46.5 Å². The number of carbonyl (C=O) groups is 4. The van der Waals surface area contributed by atoms with E-state index in [9.17, 15) is 19.2 Å². The molecule has 9 rings (SSSR count). The first-order chi connectivity index (χ1) is 29.8. The van der Waals surface area contributed by atoms with Gasteiger partial charge in [-0.2, -0.15) is 8.78 Å². The van der Waals surface area contributed by atoms with Gasteiger partial charge in [0.15, 0.2) is 0 Å². The van der Waals surface area contributed by atoms with Crippen molar-refractivity contribution in [2.45, 2.75) is 88.9 Å². The summed E-state index contributed by atoms with van der Waals surface area (Å²) in [4.78, 5) is 71.9. The first kappa shape index (κ1) is 41.5. The Morgan fingerprint density at radius 2 is 1.39 bits per heavy atom. The number of aromatic nitrogens is 4. The number of likely N-dealkylation sites (tertiary alicyclic amines) is 2. The number of amides is 4. The Labute approximate surface area is 357 Å². The maximum absolute atomic E-state index is 16.6. The molecule has 4 fully saturated rings. The molecule has 5 aliphatic rings. The van der Waals surface area contributed by atoms with Crippen LogP contribution in [0.15, 0.2) is 48.8 Å². The molecule has 328 valence electrons. The number of aromatic amines is 2. The van der Waals surface area contributed by atoms with Crippen molar-refractivity contribution in [3.05, 3.63) is 71.6 Å². The lowest BCUT2D eigenvalue weighted by molar-refractivity contribution is -0.137. The molecule has 62 heavy (non-hydrogen) atoms. The largest absolute Gasteiger partial charge is 0.453 e. The molecule has 2 aliphatic carbocycles. The van der Waals surface area contributed by atoms with Crippen LogP contribution in [-0.4, -0.2) is 106 Å². The van der Waals surface area contributed by atoms with E-state index in [2.05, 4.69) is 30.6 Å². The van der Waals surface area contributed by atoms with Crippen molar-refractivity contribution in [2.24, 2.45) is 17.3 Å². The van der Waals surface area contributed by atoms with Crippen LogP contribution in [0.5, 0.6) is 0 Å². The number of halogens is 2. The number of H-pyrrole nitrogens is 2. The lowest BCUT2D eigenvalue weighted by Gasteiger charge is -2.34.